The SMILES string of the molecule is COC(=O)c1cc2c([nH]1)CCC2S(=O)(=O)c1ccc(/C=C/c2cccc(C3CC3)c2)cc1. The number of sulfone groups is 1. The third kappa shape index (κ3) is 3.91. The molecule has 2 aliphatic rings. The van der Waals surface area contributed by atoms with E-state index < -0.39 is 21.1 Å². The molecule has 5 nitrogen and oxygen atoms in total. The fraction of sp³-hybridized carbons (Fsp3) is 0.269. The molecule has 0 amide bonds. The number of fused-ring (bicyclic) bond motifs is 1. The highest BCUT2D eigenvalue weighted by molar-refractivity contribution is 7.91. The number of aromatic nitrogens is 1. The Hall–Kier alpha value is -3.12. The molecule has 3 aromatic rings. The fourth-order valence-electron chi connectivity index (χ4n) is 4.44. The van der Waals surface area contributed by atoms with Crippen molar-refractivity contribution in [2.75, 3.05) is 7.11 Å². The minimum Gasteiger partial charge on any atom is -0.464 e. The van der Waals surface area contributed by atoms with E-state index >= 15 is 0 Å². The Morgan fingerprint density at radius 3 is 2.47 bits per heavy atom. The number of aromatic amines is 1. The zero-order valence-electron chi connectivity index (χ0n) is 17.9. The van der Waals surface area contributed by atoms with E-state index in [0.29, 0.717) is 34.9 Å². The zero-order chi connectivity index (χ0) is 22.3. The van der Waals surface area contributed by atoms with Crippen LogP contribution < -0.4 is 0 Å². The van der Waals surface area contributed by atoms with Gasteiger partial charge in [0.25, 0.3) is 0 Å². The summed E-state index contributed by atoms with van der Waals surface area (Å²) >= 11 is 0. The van der Waals surface area contributed by atoms with Crippen molar-refractivity contribution in [2.24, 2.45) is 0 Å². The molecule has 5 rings (SSSR count). The maximum absolute atomic E-state index is 13.3. The van der Waals surface area contributed by atoms with E-state index in [0.717, 1.165) is 16.8 Å². The summed E-state index contributed by atoms with van der Waals surface area (Å²) in [6.07, 6.45) is 7.72. The van der Waals surface area contributed by atoms with Crippen molar-refractivity contribution in [3.05, 3.63) is 88.2 Å². The van der Waals surface area contributed by atoms with Gasteiger partial charge >= 0.3 is 5.97 Å². The molecule has 0 aliphatic heterocycles. The van der Waals surface area contributed by atoms with Crippen LogP contribution in [0, 0.1) is 0 Å². The van der Waals surface area contributed by atoms with Crippen molar-refractivity contribution in [2.45, 2.75) is 41.7 Å². The van der Waals surface area contributed by atoms with E-state index in [4.69, 9.17) is 4.74 Å². The lowest BCUT2D eigenvalue weighted by molar-refractivity contribution is 0.0594. The molecule has 32 heavy (non-hydrogen) atoms. The Morgan fingerprint density at radius 2 is 1.75 bits per heavy atom. The Bertz CT molecular complexity index is 1300. The van der Waals surface area contributed by atoms with Crippen LogP contribution in [0.3, 0.4) is 0 Å². The molecule has 1 aromatic heterocycles. The van der Waals surface area contributed by atoms with Crippen molar-refractivity contribution in [3.63, 3.8) is 0 Å². The molecule has 2 aliphatic carbocycles. The van der Waals surface area contributed by atoms with Gasteiger partial charge < -0.3 is 9.72 Å². The van der Waals surface area contributed by atoms with Gasteiger partial charge in [0.15, 0.2) is 9.84 Å². The number of H-pyrrole nitrogens is 1. The van der Waals surface area contributed by atoms with Crippen molar-refractivity contribution in [1.29, 1.82) is 0 Å². The quantitative estimate of drug-likeness (QED) is 0.410. The standard InChI is InChI=1S/C26H25NO4S/c1-31-26(28)24-16-22-23(27-24)13-14-25(22)32(29,30)21-11-7-17(8-12-21)5-6-18-3-2-4-20(15-18)19-9-10-19/h2-8,11-12,15-16,19,25,27H,9-10,13-14H2,1H3/b6-5+. The lowest BCUT2D eigenvalue weighted by atomic mass is 10.1. The summed E-state index contributed by atoms with van der Waals surface area (Å²) < 4.78 is 31.3. The monoisotopic (exact) mass is 447 g/mol. The molecular formula is C26H25NO4S. The number of benzene rings is 2. The van der Waals surface area contributed by atoms with E-state index in [1.807, 2.05) is 18.2 Å². The van der Waals surface area contributed by atoms with Gasteiger partial charge in [-0.25, -0.2) is 13.2 Å². The van der Waals surface area contributed by atoms with Gasteiger partial charge in [-0.15, -0.1) is 0 Å². The van der Waals surface area contributed by atoms with Crippen molar-refractivity contribution < 1.29 is 17.9 Å². The first-order chi connectivity index (χ1) is 15.5. The summed E-state index contributed by atoms with van der Waals surface area (Å²) in [7, 11) is -2.25. The highest BCUT2D eigenvalue weighted by Gasteiger charge is 2.36. The van der Waals surface area contributed by atoms with Gasteiger partial charge in [0.1, 0.15) is 5.69 Å². The first-order valence-electron chi connectivity index (χ1n) is 10.9. The minimum atomic E-state index is -3.56. The van der Waals surface area contributed by atoms with Gasteiger partial charge in [-0.2, -0.15) is 0 Å². The number of nitrogens with one attached hydrogen (secondary N) is 1. The van der Waals surface area contributed by atoms with E-state index in [9.17, 15) is 13.2 Å². The maximum Gasteiger partial charge on any atom is 0.354 e. The minimum absolute atomic E-state index is 0.295. The molecule has 1 unspecified atom stereocenters. The molecule has 0 saturated heterocycles. The van der Waals surface area contributed by atoms with Gasteiger partial charge in [-0.3, -0.25) is 0 Å². The fourth-order valence-corrected chi connectivity index (χ4v) is 6.26. The maximum atomic E-state index is 13.3. The normalized spacial score (nSPS) is 18.1. The molecule has 1 atom stereocenters. The molecule has 0 spiro atoms. The predicted molar refractivity (Wildman–Crippen MR) is 124 cm³/mol. The van der Waals surface area contributed by atoms with Gasteiger partial charge in [-0.1, -0.05) is 48.6 Å². The Morgan fingerprint density at radius 1 is 1.00 bits per heavy atom. The van der Waals surface area contributed by atoms with Crippen LogP contribution in [0.25, 0.3) is 12.2 Å². The summed E-state index contributed by atoms with van der Waals surface area (Å²) in [6, 6.07) is 17.2. The molecule has 1 N–H and O–H groups in total. The Labute approximate surface area is 188 Å². The molecular weight excluding hydrogens is 422 g/mol. The number of methoxy groups -OCH3 is 1. The lowest BCUT2D eigenvalue weighted by Gasteiger charge is -2.12. The number of carbonyl (C=O) groups excluding carboxylic acids is 1. The smallest absolute Gasteiger partial charge is 0.354 e. The van der Waals surface area contributed by atoms with E-state index in [2.05, 4.69) is 35.3 Å². The average Bonchev–Trinajstić information content (AvgIpc) is 3.46. The second-order valence-corrected chi connectivity index (χ2v) is 10.7. The first kappa shape index (κ1) is 20.8. The second-order valence-electron chi connectivity index (χ2n) is 8.53. The van der Waals surface area contributed by atoms with E-state index in [1.165, 1.54) is 25.5 Å². The largest absolute Gasteiger partial charge is 0.464 e. The Balaban J connectivity index is 1.34. The summed E-state index contributed by atoms with van der Waals surface area (Å²) in [4.78, 5) is 15.1. The Kier molecular flexibility index (Phi) is 5.25. The summed E-state index contributed by atoms with van der Waals surface area (Å²) in [5.41, 5.74) is 5.26. The van der Waals surface area contributed by atoms with Crippen molar-refractivity contribution >= 4 is 28.0 Å². The second kappa shape index (κ2) is 8.10. The van der Waals surface area contributed by atoms with Gasteiger partial charge in [0, 0.05) is 5.69 Å². The van der Waals surface area contributed by atoms with E-state index in [-0.39, 0.29) is 0 Å². The van der Waals surface area contributed by atoms with Crippen molar-refractivity contribution in [3.8, 4) is 0 Å². The molecule has 2 aromatic carbocycles. The van der Waals surface area contributed by atoms with Crippen LogP contribution in [-0.4, -0.2) is 26.5 Å². The molecule has 164 valence electrons. The number of esters is 1. The van der Waals surface area contributed by atoms with Crippen LogP contribution in [0.4, 0.5) is 0 Å². The molecule has 6 heteroatoms. The van der Waals surface area contributed by atoms with Gasteiger partial charge in [0.2, 0.25) is 0 Å². The number of hydrogen-bond donors (Lipinski definition) is 1. The van der Waals surface area contributed by atoms with Crippen molar-refractivity contribution in [1.82, 2.24) is 4.98 Å². The topological polar surface area (TPSA) is 76.2 Å². The number of ether oxygens (including phenoxy) is 1. The highest BCUT2D eigenvalue weighted by atomic mass is 32.2. The molecule has 1 saturated carbocycles. The van der Waals surface area contributed by atoms with Gasteiger partial charge in [-0.05, 0) is 72.1 Å². The molecule has 0 bridgehead atoms. The highest BCUT2D eigenvalue weighted by Crippen LogP contribution is 2.41. The number of rotatable bonds is 6. The summed E-state index contributed by atoms with van der Waals surface area (Å²) in [6.45, 7) is 0. The van der Waals surface area contributed by atoms with Gasteiger partial charge in [0.05, 0.1) is 17.3 Å². The molecule has 1 heterocycles. The first-order valence-corrected chi connectivity index (χ1v) is 12.4. The summed E-state index contributed by atoms with van der Waals surface area (Å²) in [5.74, 6) is 0.224. The number of hydrogen-bond acceptors (Lipinski definition) is 4. The third-order valence-corrected chi connectivity index (χ3v) is 8.52. The third-order valence-electron chi connectivity index (χ3n) is 6.35. The molecule has 0 radical (unpaired) electrons. The number of carbonyl (C=O) groups is 1. The lowest BCUT2D eigenvalue weighted by Crippen LogP contribution is -2.11. The number of aryl methyl sites for hydroxylation is 1. The van der Waals surface area contributed by atoms with Crippen LogP contribution in [0.5, 0.6) is 0 Å². The van der Waals surface area contributed by atoms with Crippen LogP contribution in [0.2, 0.25) is 0 Å². The molecule has 1 fully saturated rings. The van der Waals surface area contributed by atoms with Crippen LogP contribution >= 0.6 is 0 Å². The zero-order valence-corrected chi connectivity index (χ0v) is 18.7. The van der Waals surface area contributed by atoms with E-state index in [1.54, 1.807) is 18.2 Å². The average molecular weight is 448 g/mol. The predicted octanol–water partition coefficient (Wildman–Crippen LogP) is 5.31. The van der Waals surface area contributed by atoms with Crippen LogP contribution in [0.1, 0.15) is 68.9 Å². The van der Waals surface area contributed by atoms with Crippen LogP contribution in [0.15, 0.2) is 59.5 Å². The van der Waals surface area contributed by atoms with Crippen LogP contribution in [-0.2, 0) is 21.0 Å². The summed E-state index contributed by atoms with van der Waals surface area (Å²) in [5, 5.41) is -0.654.